The van der Waals surface area contributed by atoms with E-state index in [9.17, 15) is 0 Å². The molecule has 0 saturated carbocycles. The van der Waals surface area contributed by atoms with Crippen LogP contribution >= 0.6 is 0 Å². The molecule has 0 rings (SSSR count). The van der Waals surface area contributed by atoms with Crippen LogP contribution in [0.3, 0.4) is 0 Å². The molecule has 0 aliphatic heterocycles. The largest absolute Gasteiger partial charge is 0.379 e. The fraction of sp³-hybridized carbons (Fsp3) is 1.00. The predicted octanol–water partition coefficient (Wildman–Crippen LogP) is 1.27. The molecule has 0 bridgehead atoms. The molecule has 0 aromatic rings. The molecule has 0 N–H and O–H groups in total. The van der Waals surface area contributed by atoms with Gasteiger partial charge >= 0.3 is 0 Å². The second kappa shape index (κ2) is 9.19. The quantitative estimate of drug-likeness (QED) is 0.329. The van der Waals surface area contributed by atoms with Gasteiger partial charge in [-0.15, -0.1) is 0 Å². The van der Waals surface area contributed by atoms with Crippen molar-refractivity contribution >= 4 is 9.76 Å². The molecule has 0 unspecified atom stereocenters. The van der Waals surface area contributed by atoms with Gasteiger partial charge in [-0.25, -0.2) is 0 Å². The normalized spacial score (nSPS) is 12.0. The molecule has 0 radical (unpaired) electrons. The van der Waals surface area contributed by atoms with Crippen molar-refractivity contribution in [3.8, 4) is 0 Å². The van der Waals surface area contributed by atoms with Crippen LogP contribution in [0, 0.1) is 0 Å². The van der Waals surface area contributed by atoms with E-state index < -0.39 is 16.2 Å². The first-order valence-corrected chi connectivity index (χ1v) is 6.27. The van der Waals surface area contributed by atoms with Crippen LogP contribution < -0.4 is 0 Å². The Hall–Kier alpha value is 0.0969. The Morgan fingerprint density at radius 1 is 1.08 bits per heavy atom. The van der Waals surface area contributed by atoms with E-state index in [-0.39, 0.29) is 0 Å². The highest BCUT2D eigenvalue weighted by atomic mass is 28.2. The van der Waals surface area contributed by atoms with E-state index in [0.29, 0.717) is 13.2 Å². The van der Waals surface area contributed by atoms with Crippen LogP contribution in [0.25, 0.3) is 0 Å². The summed E-state index contributed by atoms with van der Waals surface area (Å²) in [7, 11) is -0.427. The maximum absolute atomic E-state index is 5.46. The van der Waals surface area contributed by atoms with Crippen molar-refractivity contribution in [2.75, 3.05) is 13.2 Å². The second-order valence-corrected chi connectivity index (χ2v) is 3.87. The van der Waals surface area contributed by atoms with Crippen molar-refractivity contribution in [3.63, 3.8) is 0 Å². The lowest BCUT2D eigenvalue weighted by Gasteiger charge is -2.16. The molecule has 4 heteroatoms. The monoisotopic (exact) mass is 192 g/mol. The van der Waals surface area contributed by atoms with E-state index in [1.165, 1.54) is 12.5 Å². The first-order valence-electron chi connectivity index (χ1n) is 4.69. The first kappa shape index (κ1) is 12.1. The molecule has 12 heavy (non-hydrogen) atoms. The molecule has 0 aromatic carbocycles. The molecule has 0 spiro atoms. The minimum atomic E-state index is -0.427. The van der Waals surface area contributed by atoms with Gasteiger partial charge in [0.15, 0.2) is 9.76 Å². The summed E-state index contributed by atoms with van der Waals surface area (Å²) in [4.78, 5) is 0. The van der Waals surface area contributed by atoms with Crippen LogP contribution in [-0.2, 0) is 13.9 Å². The summed E-state index contributed by atoms with van der Waals surface area (Å²) in [5.41, 5.74) is 0. The highest BCUT2D eigenvalue weighted by Gasteiger charge is 2.05. The van der Waals surface area contributed by atoms with Gasteiger partial charge in [0, 0.05) is 13.2 Å². The van der Waals surface area contributed by atoms with Crippen LogP contribution in [-0.4, -0.2) is 29.5 Å². The Balaban J connectivity index is 3.34. The molecule has 0 saturated heterocycles. The van der Waals surface area contributed by atoms with Gasteiger partial charge in [-0.2, -0.15) is 0 Å². The van der Waals surface area contributed by atoms with Crippen LogP contribution in [0.5, 0.6) is 0 Å². The highest BCUT2D eigenvalue weighted by Crippen LogP contribution is 1.98. The number of ether oxygens (including phenoxy) is 2. The maximum Gasteiger partial charge on any atom is 0.261 e. The lowest BCUT2D eigenvalue weighted by Crippen LogP contribution is -2.22. The Labute approximate surface area is 77.3 Å². The number of hydrogen-bond acceptors (Lipinski definition) is 3. The zero-order valence-electron chi connectivity index (χ0n) is 8.34. The average molecular weight is 192 g/mol. The van der Waals surface area contributed by atoms with Crippen molar-refractivity contribution in [1.82, 2.24) is 0 Å². The van der Waals surface area contributed by atoms with Gasteiger partial charge in [-0.1, -0.05) is 13.3 Å². The van der Waals surface area contributed by atoms with Crippen LogP contribution in [0.4, 0.5) is 0 Å². The van der Waals surface area contributed by atoms with Crippen molar-refractivity contribution in [2.45, 2.75) is 39.7 Å². The van der Waals surface area contributed by atoms with Gasteiger partial charge < -0.3 is 13.9 Å². The van der Waals surface area contributed by atoms with Gasteiger partial charge in [-0.05, 0) is 19.9 Å². The van der Waals surface area contributed by atoms with E-state index in [4.69, 9.17) is 13.9 Å². The highest BCUT2D eigenvalue weighted by molar-refractivity contribution is 6.26. The van der Waals surface area contributed by atoms with E-state index in [1.54, 1.807) is 0 Å². The summed E-state index contributed by atoms with van der Waals surface area (Å²) in [6.45, 7) is 6.93. The zero-order valence-corrected chi connectivity index (χ0v) is 9.75. The minimum absolute atomic E-state index is 0.404. The van der Waals surface area contributed by atoms with Crippen LogP contribution in [0.1, 0.15) is 27.2 Å². The van der Waals surface area contributed by atoms with Crippen LogP contribution in [0.15, 0.2) is 0 Å². The summed E-state index contributed by atoms with van der Waals surface area (Å²) >= 11 is 0. The Morgan fingerprint density at radius 3 is 2.08 bits per heavy atom. The fourth-order valence-electron chi connectivity index (χ4n) is 0.740. The summed E-state index contributed by atoms with van der Waals surface area (Å²) < 4.78 is 15.9. The summed E-state index contributed by atoms with van der Waals surface area (Å²) in [6.07, 6.45) is 1.19. The molecule has 74 valence electrons. The Bertz CT molecular complexity index is 84.4. The molecule has 0 heterocycles. The van der Waals surface area contributed by atoms with Gasteiger partial charge in [0.2, 0.25) is 0 Å². The third-order valence-corrected chi connectivity index (χ3v) is 2.86. The molecular weight excluding hydrogens is 172 g/mol. The average Bonchev–Trinajstić information content (AvgIpc) is 2.06. The van der Waals surface area contributed by atoms with Crippen molar-refractivity contribution < 1.29 is 13.9 Å². The Morgan fingerprint density at radius 2 is 1.67 bits per heavy atom. The minimum Gasteiger partial charge on any atom is -0.379 e. The van der Waals surface area contributed by atoms with E-state index >= 15 is 0 Å². The van der Waals surface area contributed by atoms with Crippen molar-refractivity contribution in [2.24, 2.45) is 0 Å². The lowest BCUT2D eigenvalue weighted by molar-refractivity contribution is -0.243. The molecule has 0 amide bonds. The molecule has 0 aliphatic rings. The molecule has 3 nitrogen and oxygen atoms in total. The van der Waals surface area contributed by atoms with Crippen molar-refractivity contribution in [1.29, 1.82) is 0 Å². The third-order valence-electron chi connectivity index (χ3n) is 1.36. The SMILES string of the molecule is CCC[SiH2]OC(OCC)OCC. The fourth-order valence-corrected chi connectivity index (χ4v) is 1.58. The van der Waals surface area contributed by atoms with Gasteiger partial charge in [-0.3, -0.25) is 0 Å². The summed E-state index contributed by atoms with van der Waals surface area (Å²) in [6, 6.07) is 1.19. The summed E-state index contributed by atoms with van der Waals surface area (Å²) in [5.74, 6) is 0. The number of hydrogen-bond donors (Lipinski definition) is 0. The maximum atomic E-state index is 5.46. The number of rotatable bonds is 8. The molecule has 0 atom stereocenters. The van der Waals surface area contributed by atoms with Gasteiger partial charge in [0.1, 0.15) is 0 Å². The standard InChI is InChI=1S/C8H20O3Si/c1-4-7-12-11-8(9-5-2)10-6-3/h8H,4-7,12H2,1-3H3. The smallest absolute Gasteiger partial charge is 0.261 e. The van der Waals surface area contributed by atoms with Crippen molar-refractivity contribution in [3.05, 3.63) is 0 Å². The molecular formula is C8H20O3Si. The second-order valence-electron chi connectivity index (χ2n) is 2.42. The van der Waals surface area contributed by atoms with E-state index in [2.05, 4.69) is 6.92 Å². The predicted molar refractivity (Wildman–Crippen MR) is 51.8 cm³/mol. The molecule has 0 aromatic heterocycles. The molecule has 0 fully saturated rings. The summed E-state index contributed by atoms with van der Waals surface area (Å²) in [5, 5.41) is 0. The zero-order chi connectivity index (χ0) is 9.23. The third kappa shape index (κ3) is 6.79. The van der Waals surface area contributed by atoms with E-state index in [0.717, 1.165) is 0 Å². The van der Waals surface area contributed by atoms with E-state index in [1.807, 2.05) is 13.8 Å². The topological polar surface area (TPSA) is 27.7 Å². The Kier molecular flexibility index (Phi) is 9.26. The molecule has 0 aliphatic carbocycles. The first-order chi connectivity index (χ1) is 5.85. The van der Waals surface area contributed by atoms with Gasteiger partial charge in [0.25, 0.3) is 6.48 Å². The van der Waals surface area contributed by atoms with Crippen LogP contribution in [0.2, 0.25) is 6.04 Å². The van der Waals surface area contributed by atoms with Gasteiger partial charge in [0.05, 0.1) is 0 Å². The lowest BCUT2D eigenvalue weighted by atomic mass is 10.6.